The van der Waals surface area contributed by atoms with E-state index in [0.29, 0.717) is 25.2 Å². The van der Waals surface area contributed by atoms with Gasteiger partial charge in [0.2, 0.25) is 23.5 Å². The fraction of sp³-hybridized carbons (Fsp3) is 0.705. The van der Waals surface area contributed by atoms with Crippen LogP contribution in [0.4, 0.5) is 0 Å². The van der Waals surface area contributed by atoms with Gasteiger partial charge in [-0.05, 0) is 80.2 Å². The number of β-amino-alcohol motifs (C(OH)–C–C–N with tert-alkyl or cyclic N) is 1. The van der Waals surface area contributed by atoms with Crippen LogP contribution in [0, 0.1) is 36.0 Å². The Labute approximate surface area is 346 Å². The molecule has 0 radical (unpaired) electrons. The summed E-state index contributed by atoms with van der Waals surface area (Å²) in [6.45, 7) is 14.2. The summed E-state index contributed by atoms with van der Waals surface area (Å²) in [5.41, 5.74) is 3.41. The van der Waals surface area contributed by atoms with Gasteiger partial charge in [-0.25, -0.2) is 14.8 Å². The largest absolute Gasteiger partial charge is 0.391 e. The third kappa shape index (κ3) is 8.65. The number of amides is 3. The van der Waals surface area contributed by atoms with Gasteiger partial charge in [0.05, 0.1) is 28.3 Å². The molecule has 0 unspecified atom stereocenters. The van der Waals surface area contributed by atoms with Gasteiger partial charge >= 0.3 is 0 Å². The summed E-state index contributed by atoms with van der Waals surface area (Å²) in [5.74, 6) is -0.877. The van der Waals surface area contributed by atoms with Crippen LogP contribution in [0.3, 0.4) is 0 Å². The number of nitrogens with one attached hydrogen (secondary N) is 2. The molecule has 13 nitrogen and oxygen atoms in total. The quantitative estimate of drug-likeness (QED) is 0.161. The van der Waals surface area contributed by atoms with Crippen molar-refractivity contribution in [1.82, 2.24) is 20.5 Å². The number of thiazole rings is 1. The second-order valence-corrected chi connectivity index (χ2v) is 19.7. The number of hydrogen-bond acceptors (Lipinski definition) is 11. The van der Waals surface area contributed by atoms with Gasteiger partial charge in [0.15, 0.2) is 11.9 Å². The minimum Gasteiger partial charge on any atom is -0.391 e. The van der Waals surface area contributed by atoms with E-state index in [1.165, 1.54) is 4.90 Å². The molecule has 1 aromatic carbocycles. The minimum absolute atomic E-state index is 0.00211. The van der Waals surface area contributed by atoms with Crippen LogP contribution < -0.4 is 10.6 Å². The number of unbranched alkanes of at least 4 members (excludes halogenated alkanes) is 1. The van der Waals surface area contributed by atoms with Crippen LogP contribution in [0.25, 0.3) is 10.4 Å². The van der Waals surface area contributed by atoms with Crippen molar-refractivity contribution in [2.24, 2.45) is 29.1 Å². The van der Waals surface area contributed by atoms with E-state index in [2.05, 4.69) is 29.5 Å². The molecule has 14 heteroatoms. The second-order valence-electron chi connectivity index (χ2n) is 18.8. The summed E-state index contributed by atoms with van der Waals surface area (Å²) >= 11 is 1.58. The lowest BCUT2D eigenvalue weighted by Gasteiger charge is -2.60. The number of aliphatic hydroxyl groups is 1. The smallest absolute Gasteiger partial charge is 0.246 e. The Morgan fingerprint density at radius 3 is 2.48 bits per heavy atom. The molecule has 6 heterocycles. The number of nitrogens with zero attached hydrogens (tertiary/aromatic N) is 2. The zero-order valence-corrected chi connectivity index (χ0v) is 35.9. The number of fused-ring (bicyclic) bond motifs is 2. The van der Waals surface area contributed by atoms with E-state index in [-0.39, 0.29) is 73.8 Å². The van der Waals surface area contributed by atoms with Crippen LogP contribution in [0.2, 0.25) is 0 Å². The van der Waals surface area contributed by atoms with Gasteiger partial charge < -0.3 is 30.1 Å². The number of hydrogen-bond donors (Lipinski definition) is 3. The summed E-state index contributed by atoms with van der Waals surface area (Å²) in [4.78, 5) is 73.1. The van der Waals surface area contributed by atoms with Crippen LogP contribution >= 0.6 is 11.3 Å². The normalized spacial score (nSPS) is 33.6. The molecule has 8 rings (SSSR count). The number of likely N-dealkylation sites (tertiary alicyclic amines) is 1. The fourth-order valence-electron chi connectivity index (χ4n) is 10.2. The number of ketones is 1. The number of carbonyl (C=O) groups is 4. The molecule has 3 N–H and O–H groups in total. The predicted octanol–water partition coefficient (Wildman–Crippen LogP) is 6.00. The van der Waals surface area contributed by atoms with Crippen LogP contribution in [0.5, 0.6) is 0 Å². The van der Waals surface area contributed by atoms with Crippen LogP contribution in [0.15, 0.2) is 29.8 Å². The average Bonchev–Trinajstić information content (AvgIpc) is 3.72. The van der Waals surface area contributed by atoms with Crippen molar-refractivity contribution in [1.29, 1.82) is 0 Å². The highest BCUT2D eigenvalue weighted by atomic mass is 32.1. The van der Waals surface area contributed by atoms with Crippen LogP contribution in [0.1, 0.15) is 117 Å². The van der Waals surface area contributed by atoms with Gasteiger partial charge in [-0.3, -0.25) is 19.2 Å². The minimum atomic E-state index is -0.918. The Kier molecular flexibility index (Phi) is 12.6. The number of ether oxygens (including phenoxy) is 2. The van der Waals surface area contributed by atoms with E-state index < -0.39 is 47.2 Å². The monoisotopic (exact) mass is 822 g/mol. The maximum Gasteiger partial charge on any atom is 0.246 e. The van der Waals surface area contributed by atoms with Gasteiger partial charge in [0.25, 0.3) is 0 Å². The molecule has 5 saturated heterocycles. The molecule has 5 aliphatic heterocycles. The maximum absolute atomic E-state index is 14.1. The topological polar surface area (TPSA) is 166 Å². The molecule has 1 aliphatic carbocycles. The SMILES string of the molecule is Cc1ncsc1-c1ccc(CNC(=O)[C@@H]2C[C@@H](O)CN2C(=O)[C@@H](NC(=O)CCCCC(=O)C[C@H]2O[C@@H]3O[C@@]4(C)CC[C@H]5[C@H](C)CC[C@@H]([C@H]2C)[C@@]35OO4)C(C)(C)C)cc1. The zero-order valence-electron chi connectivity index (χ0n) is 35.1. The first-order valence-electron chi connectivity index (χ1n) is 21.3. The summed E-state index contributed by atoms with van der Waals surface area (Å²) in [6, 6.07) is 6.12. The Bertz CT molecular complexity index is 1830. The van der Waals surface area contributed by atoms with Crippen molar-refractivity contribution in [2.45, 2.75) is 161 Å². The highest BCUT2D eigenvalue weighted by Crippen LogP contribution is 2.60. The van der Waals surface area contributed by atoms with Crippen molar-refractivity contribution < 1.29 is 43.5 Å². The molecule has 3 amide bonds. The van der Waals surface area contributed by atoms with E-state index in [0.717, 1.165) is 47.4 Å². The first-order chi connectivity index (χ1) is 27.5. The molecule has 6 fully saturated rings. The number of aliphatic hydroxyl groups excluding tert-OH is 1. The molecule has 58 heavy (non-hydrogen) atoms. The molecule has 1 saturated carbocycles. The van der Waals surface area contributed by atoms with Gasteiger partial charge in [0.1, 0.15) is 17.9 Å². The summed E-state index contributed by atoms with van der Waals surface area (Å²) in [5, 5.41) is 16.5. The third-order valence-corrected chi connectivity index (χ3v) is 14.5. The molecular weight excluding hydrogens is 761 g/mol. The van der Waals surface area contributed by atoms with Crippen LogP contribution in [-0.4, -0.2) is 87.0 Å². The van der Waals surface area contributed by atoms with Crippen molar-refractivity contribution >= 4 is 34.8 Å². The van der Waals surface area contributed by atoms with E-state index in [1.54, 1.807) is 11.3 Å². The zero-order chi connectivity index (χ0) is 41.6. The standard InChI is InChI=1S/C44H62N4O9S/c1-25-12-17-33-26(2)35(54-41-44(33)32(25)18-19-43(7,55-41)56-57-44)21-30(49)10-8-9-11-36(51)47-38(42(4,5)6)40(53)48-23-31(50)20-34(48)39(52)45-22-28-13-15-29(16-14-28)37-27(3)46-24-58-37/h13-16,24-26,31-35,38,41,50H,8-12,17-23H2,1-7H3,(H,45,52)(H,47,51)/t25-,26-,31-,32+,33+,34+,35-,38-,41-,43-,44-/m1/s1. The van der Waals surface area contributed by atoms with Gasteiger partial charge in [-0.1, -0.05) is 58.9 Å². The Morgan fingerprint density at radius 2 is 1.78 bits per heavy atom. The summed E-state index contributed by atoms with van der Waals surface area (Å²) < 4.78 is 13.1. The van der Waals surface area contributed by atoms with Crippen molar-refractivity contribution in [3.63, 3.8) is 0 Å². The van der Waals surface area contributed by atoms with Crippen molar-refractivity contribution in [3.8, 4) is 10.4 Å². The molecule has 1 aromatic heterocycles. The number of Topliss-reactive ketones (excluding diaryl/α,β-unsaturated/α-hetero) is 1. The molecule has 6 aliphatic rings. The number of benzene rings is 1. The summed E-state index contributed by atoms with van der Waals surface area (Å²) in [7, 11) is 0. The first kappa shape index (κ1) is 42.8. The van der Waals surface area contributed by atoms with E-state index in [4.69, 9.17) is 19.2 Å². The first-order valence-corrected chi connectivity index (χ1v) is 22.1. The number of aromatic nitrogens is 1. The summed E-state index contributed by atoms with van der Waals surface area (Å²) in [6.07, 6.45) is 3.86. The average molecular weight is 823 g/mol. The lowest BCUT2D eigenvalue weighted by atomic mass is 9.57. The van der Waals surface area contributed by atoms with E-state index >= 15 is 0 Å². The van der Waals surface area contributed by atoms with Crippen molar-refractivity contribution in [2.75, 3.05) is 6.54 Å². The Balaban J connectivity index is 0.885. The van der Waals surface area contributed by atoms with E-state index in [9.17, 15) is 24.3 Å². The van der Waals surface area contributed by atoms with Gasteiger partial charge in [-0.15, -0.1) is 11.3 Å². The fourth-order valence-corrected chi connectivity index (χ4v) is 11.0. The number of aryl methyl sites for hydroxylation is 1. The number of carbonyl (C=O) groups excluding carboxylic acids is 4. The molecular formula is C44H62N4O9S. The second kappa shape index (κ2) is 17.0. The lowest BCUT2D eigenvalue weighted by molar-refractivity contribution is -0.570. The highest BCUT2D eigenvalue weighted by molar-refractivity contribution is 7.13. The number of rotatable bonds is 13. The molecule has 2 bridgehead atoms. The predicted molar refractivity (Wildman–Crippen MR) is 217 cm³/mol. The van der Waals surface area contributed by atoms with Gasteiger partial charge in [-0.2, -0.15) is 0 Å². The Morgan fingerprint density at radius 1 is 1.03 bits per heavy atom. The molecule has 318 valence electrons. The molecule has 1 spiro atoms. The Hall–Kier alpha value is -3.27. The van der Waals surface area contributed by atoms with Gasteiger partial charge in [0, 0.05) is 51.1 Å². The maximum atomic E-state index is 14.1. The van der Waals surface area contributed by atoms with E-state index in [1.807, 2.05) is 64.4 Å². The highest BCUT2D eigenvalue weighted by Gasteiger charge is 2.69. The van der Waals surface area contributed by atoms with Crippen molar-refractivity contribution in [3.05, 3.63) is 41.0 Å². The third-order valence-electron chi connectivity index (χ3n) is 13.5. The molecule has 2 aromatic rings. The lowest BCUT2D eigenvalue weighted by Crippen LogP contribution is -2.70. The molecule has 11 atom stereocenters. The van der Waals surface area contributed by atoms with Crippen LogP contribution in [-0.2, 0) is 45.0 Å².